The van der Waals surface area contributed by atoms with Crippen LogP contribution in [0.15, 0.2) is 158 Å². The molecule has 0 fully saturated rings. The Balaban J connectivity index is 1.17. The first-order valence-corrected chi connectivity index (χ1v) is 20.9. The molecular formula is C54H26F12N4. The zero-order valence-electron chi connectivity index (χ0n) is 35.3. The average molecular weight is 959 g/mol. The number of para-hydroxylation sites is 2. The third kappa shape index (κ3) is 7.62. The molecule has 0 N–H and O–H groups in total. The van der Waals surface area contributed by atoms with Crippen LogP contribution in [0.5, 0.6) is 0 Å². The number of nitrogens with zero attached hydrogens (tertiary/aromatic N) is 4. The van der Waals surface area contributed by atoms with E-state index in [0.717, 1.165) is 12.1 Å². The monoisotopic (exact) mass is 958 g/mol. The van der Waals surface area contributed by atoms with Crippen molar-refractivity contribution in [1.29, 1.82) is 10.5 Å². The summed E-state index contributed by atoms with van der Waals surface area (Å²) >= 11 is 0. The van der Waals surface area contributed by atoms with Crippen LogP contribution in [-0.2, 0) is 24.7 Å². The van der Waals surface area contributed by atoms with Gasteiger partial charge in [-0.3, -0.25) is 0 Å². The van der Waals surface area contributed by atoms with Gasteiger partial charge in [0.15, 0.2) is 0 Å². The van der Waals surface area contributed by atoms with E-state index in [1.54, 1.807) is 94.1 Å². The van der Waals surface area contributed by atoms with Crippen molar-refractivity contribution in [1.82, 2.24) is 9.13 Å². The van der Waals surface area contributed by atoms with Crippen molar-refractivity contribution in [3.8, 4) is 56.9 Å². The zero-order valence-corrected chi connectivity index (χ0v) is 35.3. The van der Waals surface area contributed by atoms with Gasteiger partial charge < -0.3 is 9.13 Å². The number of nitriles is 2. The average Bonchev–Trinajstić information content (AvgIpc) is 3.84. The molecule has 10 aromatic rings. The van der Waals surface area contributed by atoms with Gasteiger partial charge in [-0.1, -0.05) is 72.8 Å². The van der Waals surface area contributed by atoms with Crippen LogP contribution in [-0.4, -0.2) is 9.13 Å². The topological polar surface area (TPSA) is 57.4 Å². The standard InChI is InChI=1S/C54H26F12N4/c55-51(56,57)33-13-19-37(45(23-33)53(61,62)63)29-11-17-41-39-5-1-3-7-47(39)69(49(41)21-29)35-15-9-31(27-67)43(25-35)44-26-36(16-10-32(44)28-68)70-48-8-4-2-6-40(48)42-18-12-30(22-50(42)70)38-20-14-34(52(58,59)60)24-46(38)54(64,65)66/h1-26H. The molecule has 0 atom stereocenters. The van der Waals surface area contributed by atoms with Gasteiger partial charge in [0, 0.05) is 44.0 Å². The van der Waals surface area contributed by atoms with E-state index in [2.05, 4.69) is 12.1 Å². The van der Waals surface area contributed by atoms with Crippen LogP contribution in [0.4, 0.5) is 52.7 Å². The van der Waals surface area contributed by atoms with Gasteiger partial charge in [0.05, 0.1) is 67.6 Å². The smallest absolute Gasteiger partial charge is 0.309 e. The number of aromatic nitrogens is 2. The molecule has 0 unspecified atom stereocenters. The summed E-state index contributed by atoms with van der Waals surface area (Å²) in [7, 11) is 0. The highest BCUT2D eigenvalue weighted by Gasteiger charge is 2.40. The number of alkyl halides is 12. The van der Waals surface area contributed by atoms with Gasteiger partial charge in [0.2, 0.25) is 0 Å². The summed E-state index contributed by atoms with van der Waals surface area (Å²) in [6.45, 7) is 0. The first-order valence-electron chi connectivity index (χ1n) is 20.9. The first kappa shape index (κ1) is 45.3. The number of hydrogen-bond acceptors (Lipinski definition) is 2. The van der Waals surface area contributed by atoms with Crippen LogP contribution in [0.2, 0.25) is 0 Å². The molecule has 0 saturated heterocycles. The summed E-state index contributed by atoms with van der Waals surface area (Å²) in [5.41, 5.74) is -3.64. The summed E-state index contributed by atoms with van der Waals surface area (Å²) in [5.74, 6) is 0. The maximum Gasteiger partial charge on any atom is 0.417 e. The predicted octanol–water partition coefficient (Wildman–Crippen LogP) is 16.7. The van der Waals surface area contributed by atoms with E-state index >= 15 is 0 Å². The SMILES string of the molecule is N#Cc1ccc(-n2c3ccccc3c3ccc(-c4ccc(C(F)(F)F)cc4C(F)(F)F)cc32)cc1-c1cc(-n2c3ccccc3c3ccc(-c4ccc(C(F)(F)F)cc4C(F)(F)F)cc32)ccc1C#N. The van der Waals surface area contributed by atoms with Gasteiger partial charge in [-0.15, -0.1) is 0 Å². The Morgan fingerprint density at radius 1 is 0.329 bits per heavy atom. The minimum absolute atomic E-state index is 0.0340. The summed E-state index contributed by atoms with van der Waals surface area (Å²) in [6.07, 6.45) is -20.4. The van der Waals surface area contributed by atoms with Crippen molar-refractivity contribution in [3.05, 3.63) is 191 Å². The van der Waals surface area contributed by atoms with Gasteiger partial charge >= 0.3 is 24.7 Å². The second-order valence-electron chi connectivity index (χ2n) is 16.4. The molecule has 4 nitrogen and oxygen atoms in total. The third-order valence-corrected chi connectivity index (χ3v) is 12.3. The third-order valence-electron chi connectivity index (χ3n) is 12.3. The van der Waals surface area contributed by atoms with E-state index in [4.69, 9.17) is 0 Å². The number of hydrogen-bond donors (Lipinski definition) is 0. The van der Waals surface area contributed by atoms with Crippen LogP contribution >= 0.6 is 0 Å². The Morgan fingerprint density at radius 3 is 1.06 bits per heavy atom. The molecule has 0 bridgehead atoms. The molecule has 8 aromatic carbocycles. The van der Waals surface area contributed by atoms with E-state index in [9.17, 15) is 63.2 Å². The Morgan fingerprint density at radius 2 is 0.700 bits per heavy atom. The molecule has 10 rings (SSSR count). The lowest BCUT2D eigenvalue weighted by atomic mass is 9.94. The summed E-state index contributed by atoms with van der Waals surface area (Å²) in [4.78, 5) is 0. The fourth-order valence-corrected chi connectivity index (χ4v) is 9.23. The van der Waals surface area contributed by atoms with Crippen LogP contribution in [0.1, 0.15) is 33.4 Å². The van der Waals surface area contributed by atoms with E-state index < -0.39 is 58.1 Å². The highest BCUT2D eigenvalue weighted by Crippen LogP contribution is 2.46. The molecule has 0 aliphatic carbocycles. The number of halogens is 12. The van der Waals surface area contributed by atoms with E-state index in [-0.39, 0.29) is 45.5 Å². The second kappa shape index (κ2) is 16.1. The fraction of sp³-hybridized carbons (Fsp3) is 0.0741. The largest absolute Gasteiger partial charge is 0.417 e. The summed E-state index contributed by atoms with van der Waals surface area (Å²) in [5, 5.41) is 23.5. The first-order chi connectivity index (χ1) is 33.1. The van der Waals surface area contributed by atoms with Crippen molar-refractivity contribution in [2.75, 3.05) is 0 Å². The Hall–Kier alpha value is -8.50. The lowest BCUT2D eigenvalue weighted by molar-refractivity contribution is -0.144. The van der Waals surface area contributed by atoms with Gasteiger partial charge in [-0.25, -0.2) is 0 Å². The molecule has 2 aromatic heterocycles. The number of fused-ring (bicyclic) bond motifs is 6. The molecule has 2 heterocycles. The van der Waals surface area contributed by atoms with Gasteiger partial charge in [0.25, 0.3) is 0 Å². The quantitative estimate of drug-likeness (QED) is 0.161. The van der Waals surface area contributed by atoms with Gasteiger partial charge in [-0.2, -0.15) is 63.2 Å². The molecule has 0 amide bonds. The van der Waals surface area contributed by atoms with Crippen molar-refractivity contribution in [2.45, 2.75) is 24.7 Å². The minimum Gasteiger partial charge on any atom is -0.309 e. The molecular weight excluding hydrogens is 933 g/mol. The van der Waals surface area contributed by atoms with E-state index in [1.807, 2.05) is 0 Å². The second-order valence-corrected chi connectivity index (χ2v) is 16.4. The van der Waals surface area contributed by atoms with Crippen molar-refractivity contribution < 1.29 is 52.7 Å². The van der Waals surface area contributed by atoms with Gasteiger partial charge in [0.1, 0.15) is 0 Å². The number of rotatable bonds is 5. The van der Waals surface area contributed by atoms with Crippen LogP contribution < -0.4 is 0 Å². The van der Waals surface area contributed by atoms with Crippen LogP contribution in [0.25, 0.3) is 88.4 Å². The number of benzene rings is 8. The summed E-state index contributed by atoms with van der Waals surface area (Å²) in [6, 6.07) is 39.4. The molecule has 0 saturated carbocycles. The maximum absolute atomic E-state index is 14.4. The molecule has 70 heavy (non-hydrogen) atoms. The van der Waals surface area contributed by atoms with Crippen LogP contribution in [0, 0.1) is 22.7 Å². The van der Waals surface area contributed by atoms with Crippen LogP contribution in [0.3, 0.4) is 0 Å². The molecule has 0 radical (unpaired) electrons. The molecule has 0 aliphatic heterocycles. The zero-order chi connectivity index (χ0) is 49.7. The van der Waals surface area contributed by atoms with Crippen molar-refractivity contribution in [3.63, 3.8) is 0 Å². The van der Waals surface area contributed by atoms with Gasteiger partial charge in [-0.05, 0) is 107 Å². The van der Waals surface area contributed by atoms with E-state index in [1.165, 1.54) is 36.4 Å². The molecule has 0 spiro atoms. The Kier molecular flexibility index (Phi) is 10.4. The summed E-state index contributed by atoms with van der Waals surface area (Å²) < 4.78 is 172. The molecule has 346 valence electrons. The highest BCUT2D eigenvalue weighted by molar-refractivity contribution is 6.11. The normalized spacial score (nSPS) is 12.5. The van der Waals surface area contributed by atoms with E-state index in [0.29, 0.717) is 67.1 Å². The van der Waals surface area contributed by atoms with Crippen molar-refractivity contribution >= 4 is 43.6 Å². The lowest BCUT2D eigenvalue weighted by Crippen LogP contribution is -2.12. The predicted molar refractivity (Wildman–Crippen MR) is 241 cm³/mol. The van der Waals surface area contributed by atoms with Crippen molar-refractivity contribution in [2.24, 2.45) is 0 Å². The Bertz CT molecular complexity index is 3620. The maximum atomic E-state index is 14.4. The molecule has 16 heteroatoms. The lowest BCUT2D eigenvalue weighted by Gasteiger charge is -2.17. The fourth-order valence-electron chi connectivity index (χ4n) is 9.23. The minimum atomic E-state index is -5.16. The molecule has 0 aliphatic rings. The highest BCUT2D eigenvalue weighted by atomic mass is 19.4. The Labute approximate surface area is 387 Å².